The molecule has 6 nitrogen and oxygen atoms in total. The largest absolute Gasteiger partial charge is 0.491 e. The van der Waals surface area contributed by atoms with Crippen LogP contribution in [0, 0.1) is 0 Å². The molecule has 2 heterocycles. The minimum atomic E-state index is 0.453. The van der Waals surface area contributed by atoms with Crippen molar-refractivity contribution < 1.29 is 9.47 Å². The zero-order chi connectivity index (χ0) is 17.3. The minimum Gasteiger partial charge on any atom is -0.491 e. The fraction of sp³-hybridized carbons (Fsp3) is 0.474. The Morgan fingerprint density at radius 2 is 2.20 bits per heavy atom. The van der Waals surface area contributed by atoms with Gasteiger partial charge >= 0.3 is 0 Å². The predicted octanol–water partition coefficient (Wildman–Crippen LogP) is 2.26. The van der Waals surface area contributed by atoms with Gasteiger partial charge < -0.3 is 19.7 Å². The first-order valence-corrected chi connectivity index (χ1v) is 8.82. The van der Waals surface area contributed by atoms with Crippen molar-refractivity contribution in [2.75, 3.05) is 38.3 Å². The Morgan fingerprint density at radius 1 is 1.24 bits per heavy atom. The number of aromatic nitrogens is 2. The summed E-state index contributed by atoms with van der Waals surface area (Å²) in [7, 11) is 1.68. The Kier molecular flexibility index (Phi) is 6.59. The van der Waals surface area contributed by atoms with Crippen LogP contribution in [0.2, 0.25) is 0 Å². The van der Waals surface area contributed by atoms with Crippen molar-refractivity contribution in [3.63, 3.8) is 0 Å². The molecule has 0 spiro atoms. The van der Waals surface area contributed by atoms with Gasteiger partial charge in [0.15, 0.2) is 5.82 Å². The molecule has 0 bridgehead atoms. The molecule has 3 rings (SSSR count). The average molecular weight is 342 g/mol. The highest BCUT2D eigenvalue weighted by Crippen LogP contribution is 2.18. The summed E-state index contributed by atoms with van der Waals surface area (Å²) in [6.07, 6.45) is 4.06. The molecule has 1 aliphatic heterocycles. The smallest absolute Gasteiger partial charge is 0.151 e. The van der Waals surface area contributed by atoms with Crippen LogP contribution in [0.3, 0.4) is 0 Å². The summed E-state index contributed by atoms with van der Waals surface area (Å²) in [6.45, 7) is 4.01. The summed E-state index contributed by atoms with van der Waals surface area (Å²) in [5, 5.41) is 11.9. The van der Waals surface area contributed by atoms with E-state index < -0.39 is 0 Å². The third kappa shape index (κ3) is 5.41. The standard InChI is InChI=1S/C19H26N4O2/c1-24-11-12-25-18-7-2-5-16(13-18)14-20-17-6-4-10-23(15-17)19-8-3-9-21-22-19/h2-3,5,7-9,13,17,20H,4,6,10-12,14-15H2,1H3/t17-/m1/s1. The van der Waals surface area contributed by atoms with E-state index in [2.05, 4.69) is 32.5 Å². The lowest BCUT2D eigenvalue weighted by atomic mass is 10.1. The second-order valence-corrected chi connectivity index (χ2v) is 6.24. The molecule has 1 N–H and O–H groups in total. The number of anilines is 1. The molecule has 0 amide bonds. The Morgan fingerprint density at radius 3 is 3.04 bits per heavy atom. The normalized spacial score (nSPS) is 17.5. The molecule has 1 fully saturated rings. The molecule has 134 valence electrons. The molecule has 0 aliphatic carbocycles. The Bertz CT molecular complexity index is 638. The highest BCUT2D eigenvalue weighted by atomic mass is 16.5. The summed E-state index contributed by atoms with van der Waals surface area (Å²) >= 11 is 0. The molecule has 1 aromatic heterocycles. The van der Waals surface area contributed by atoms with Gasteiger partial charge in [0.25, 0.3) is 0 Å². The van der Waals surface area contributed by atoms with Gasteiger partial charge in [-0.1, -0.05) is 12.1 Å². The lowest BCUT2D eigenvalue weighted by molar-refractivity contribution is 0.146. The van der Waals surface area contributed by atoms with Crippen molar-refractivity contribution in [1.29, 1.82) is 0 Å². The van der Waals surface area contributed by atoms with E-state index in [1.165, 1.54) is 12.0 Å². The highest BCUT2D eigenvalue weighted by Gasteiger charge is 2.20. The molecule has 1 aliphatic rings. The van der Waals surface area contributed by atoms with Gasteiger partial charge in [0, 0.05) is 39.0 Å². The van der Waals surface area contributed by atoms with Gasteiger partial charge in [-0.3, -0.25) is 0 Å². The van der Waals surface area contributed by atoms with Gasteiger partial charge in [0.1, 0.15) is 12.4 Å². The lowest BCUT2D eigenvalue weighted by Crippen LogP contribution is -2.45. The molecular weight excluding hydrogens is 316 g/mol. The Hall–Kier alpha value is -2.18. The molecule has 6 heteroatoms. The van der Waals surface area contributed by atoms with E-state index >= 15 is 0 Å². The summed E-state index contributed by atoms with van der Waals surface area (Å²) in [5.74, 6) is 1.85. The van der Waals surface area contributed by atoms with E-state index in [1.54, 1.807) is 13.3 Å². The number of piperidine rings is 1. The Labute approximate surface area is 149 Å². The molecule has 1 aromatic carbocycles. The van der Waals surface area contributed by atoms with Crippen molar-refractivity contribution in [2.45, 2.75) is 25.4 Å². The van der Waals surface area contributed by atoms with Crippen molar-refractivity contribution >= 4 is 5.82 Å². The second-order valence-electron chi connectivity index (χ2n) is 6.24. The zero-order valence-electron chi connectivity index (χ0n) is 14.7. The molecule has 2 aromatic rings. The van der Waals surface area contributed by atoms with Crippen LogP contribution in [0.4, 0.5) is 5.82 Å². The summed E-state index contributed by atoms with van der Waals surface area (Å²) in [5.41, 5.74) is 1.23. The third-order valence-corrected chi connectivity index (χ3v) is 4.35. The summed E-state index contributed by atoms with van der Waals surface area (Å²) in [6, 6.07) is 12.6. The monoisotopic (exact) mass is 342 g/mol. The van der Waals surface area contributed by atoms with Gasteiger partial charge in [-0.15, -0.1) is 5.10 Å². The number of hydrogen-bond donors (Lipinski definition) is 1. The molecule has 0 saturated carbocycles. The quantitative estimate of drug-likeness (QED) is 0.743. The fourth-order valence-electron chi connectivity index (χ4n) is 3.06. The Balaban J connectivity index is 1.50. The van der Waals surface area contributed by atoms with Gasteiger partial charge in [-0.25, -0.2) is 0 Å². The van der Waals surface area contributed by atoms with Crippen LogP contribution < -0.4 is 15.0 Å². The molecular formula is C19H26N4O2. The fourth-order valence-corrected chi connectivity index (χ4v) is 3.06. The maximum atomic E-state index is 5.68. The first kappa shape index (κ1) is 17.6. The number of rotatable bonds is 8. The van der Waals surface area contributed by atoms with Crippen LogP contribution in [0.15, 0.2) is 42.6 Å². The van der Waals surface area contributed by atoms with Crippen molar-refractivity contribution in [3.8, 4) is 5.75 Å². The van der Waals surface area contributed by atoms with Crippen LogP contribution in [-0.4, -0.2) is 49.7 Å². The van der Waals surface area contributed by atoms with Crippen LogP contribution in [0.5, 0.6) is 5.75 Å². The van der Waals surface area contributed by atoms with Crippen molar-refractivity contribution in [1.82, 2.24) is 15.5 Å². The first-order valence-electron chi connectivity index (χ1n) is 8.82. The van der Waals surface area contributed by atoms with Gasteiger partial charge in [0.2, 0.25) is 0 Å². The third-order valence-electron chi connectivity index (χ3n) is 4.35. The van der Waals surface area contributed by atoms with E-state index in [0.29, 0.717) is 19.3 Å². The number of nitrogens with one attached hydrogen (secondary N) is 1. The number of ether oxygens (including phenoxy) is 2. The number of benzene rings is 1. The topological polar surface area (TPSA) is 59.5 Å². The zero-order valence-corrected chi connectivity index (χ0v) is 14.7. The molecule has 0 unspecified atom stereocenters. The number of methoxy groups -OCH3 is 1. The lowest BCUT2D eigenvalue weighted by Gasteiger charge is -2.33. The predicted molar refractivity (Wildman–Crippen MR) is 97.9 cm³/mol. The van der Waals surface area contributed by atoms with Crippen LogP contribution in [-0.2, 0) is 11.3 Å². The summed E-state index contributed by atoms with van der Waals surface area (Å²) in [4.78, 5) is 2.30. The average Bonchev–Trinajstić information content (AvgIpc) is 2.68. The maximum absolute atomic E-state index is 5.68. The SMILES string of the molecule is COCCOc1cccc(CN[C@@H]2CCCN(c3cccnn3)C2)c1. The maximum Gasteiger partial charge on any atom is 0.151 e. The molecule has 1 saturated heterocycles. The molecule has 0 radical (unpaired) electrons. The van der Waals surface area contributed by atoms with Gasteiger partial charge in [-0.2, -0.15) is 5.10 Å². The van der Waals surface area contributed by atoms with E-state index in [9.17, 15) is 0 Å². The van der Waals surface area contributed by atoms with Crippen LogP contribution >= 0.6 is 0 Å². The number of nitrogens with zero attached hydrogens (tertiary/aromatic N) is 3. The summed E-state index contributed by atoms with van der Waals surface area (Å²) < 4.78 is 10.7. The number of hydrogen-bond acceptors (Lipinski definition) is 6. The van der Waals surface area contributed by atoms with E-state index in [4.69, 9.17) is 9.47 Å². The first-order chi connectivity index (χ1) is 12.3. The second kappa shape index (κ2) is 9.34. The van der Waals surface area contributed by atoms with E-state index in [0.717, 1.165) is 37.6 Å². The van der Waals surface area contributed by atoms with Crippen molar-refractivity contribution in [2.24, 2.45) is 0 Å². The highest BCUT2D eigenvalue weighted by molar-refractivity contribution is 5.37. The molecule has 1 atom stereocenters. The minimum absolute atomic E-state index is 0.453. The van der Waals surface area contributed by atoms with Crippen molar-refractivity contribution in [3.05, 3.63) is 48.2 Å². The van der Waals surface area contributed by atoms with Crippen LogP contribution in [0.25, 0.3) is 0 Å². The van der Waals surface area contributed by atoms with E-state index in [-0.39, 0.29) is 0 Å². The van der Waals surface area contributed by atoms with Gasteiger partial charge in [0.05, 0.1) is 6.61 Å². The van der Waals surface area contributed by atoms with E-state index in [1.807, 2.05) is 24.3 Å². The van der Waals surface area contributed by atoms with Gasteiger partial charge in [-0.05, 0) is 42.7 Å². The molecule has 25 heavy (non-hydrogen) atoms. The van der Waals surface area contributed by atoms with Crippen LogP contribution in [0.1, 0.15) is 18.4 Å².